The number of carbonyl (C=O) groups is 4. The van der Waals surface area contributed by atoms with Gasteiger partial charge in [-0.05, 0) is 13.8 Å². The third-order valence-electron chi connectivity index (χ3n) is 2.71. The van der Waals surface area contributed by atoms with Gasteiger partial charge in [-0.1, -0.05) is 0 Å². The highest BCUT2D eigenvalue weighted by molar-refractivity contribution is 5.82. The first-order valence-corrected chi connectivity index (χ1v) is 6.90. The Bertz CT molecular complexity index is 465. The van der Waals surface area contributed by atoms with Crippen LogP contribution in [0.2, 0.25) is 0 Å². The summed E-state index contributed by atoms with van der Waals surface area (Å²) in [6.07, 6.45) is -0.909. The van der Waals surface area contributed by atoms with Crippen molar-refractivity contribution in [1.29, 1.82) is 0 Å². The molecular formula is C12H20N4O8. The van der Waals surface area contributed by atoms with Crippen LogP contribution in [-0.4, -0.2) is 79.7 Å². The van der Waals surface area contributed by atoms with Crippen molar-refractivity contribution in [2.45, 2.75) is 38.8 Å². The molecule has 2 atom stereocenters. The molecule has 0 aromatic heterocycles. The number of amides is 2. The zero-order chi connectivity index (χ0) is 18.9. The Morgan fingerprint density at radius 2 is 1.08 bits per heavy atom. The van der Waals surface area contributed by atoms with Crippen molar-refractivity contribution >= 4 is 23.8 Å². The molecule has 0 aliphatic carbocycles. The maximum Gasteiger partial charge on any atom is 0.305 e. The average molecular weight is 348 g/mol. The SMILES string of the molecule is CC(N=NC(C)C(=O)N(O)CCC(=O)O)C(=O)N(O)CCC(=O)O. The third kappa shape index (κ3) is 8.14. The number of carboxylic acid groups (broad SMARTS) is 2. The second-order valence-electron chi connectivity index (χ2n) is 4.79. The molecule has 136 valence electrons. The van der Waals surface area contributed by atoms with Gasteiger partial charge in [0.05, 0.1) is 25.9 Å². The summed E-state index contributed by atoms with van der Waals surface area (Å²) >= 11 is 0. The lowest BCUT2D eigenvalue weighted by Crippen LogP contribution is -2.37. The van der Waals surface area contributed by atoms with Crippen LogP contribution < -0.4 is 0 Å². The van der Waals surface area contributed by atoms with Gasteiger partial charge in [-0.2, -0.15) is 10.2 Å². The van der Waals surface area contributed by atoms with E-state index in [-0.39, 0.29) is 10.1 Å². The molecule has 0 aliphatic heterocycles. The Labute approximate surface area is 136 Å². The predicted molar refractivity (Wildman–Crippen MR) is 75.3 cm³/mol. The predicted octanol–water partition coefficient (Wildman–Crippen LogP) is -0.399. The summed E-state index contributed by atoms with van der Waals surface area (Å²) in [7, 11) is 0. The molecular weight excluding hydrogens is 328 g/mol. The number of aliphatic carboxylic acids is 2. The van der Waals surface area contributed by atoms with Gasteiger partial charge in [0.2, 0.25) is 0 Å². The molecule has 24 heavy (non-hydrogen) atoms. The van der Waals surface area contributed by atoms with Crippen LogP contribution in [0.25, 0.3) is 0 Å². The van der Waals surface area contributed by atoms with Crippen LogP contribution in [0.3, 0.4) is 0 Å². The zero-order valence-electron chi connectivity index (χ0n) is 13.2. The smallest absolute Gasteiger partial charge is 0.305 e. The fraction of sp³-hybridized carbons (Fsp3) is 0.667. The largest absolute Gasteiger partial charge is 0.481 e. The Morgan fingerprint density at radius 3 is 1.33 bits per heavy atom. The van der Waals surface area contributed by atoms with Gasteiger partial charge >= 0.3 is 11.9 Å². The second-order valence-corrected chi connectivity index (χ2v) is 4.79. The fourth-order valence-electron chi connectivity index (χ4n) is 1.35. The number of hydrogen-bond donors (Lipinski definition) is 4. The number of nitrogens with zero attached hydrogens (tertiary/aromatic N) is 4. The summed E-state index contributed by atoms with van der Waals surface area (Å²) in [5.41, 5.74) is 0. The van der Waals surface area contributed by atoms with Gasteiger partial charge in [-0.3, -0.25) is 29.6 Å². The van der Waals surface area contributed by atoms with Gasteiger partial charge in [0.1, 0.15) is 12.1 Å². The minimum atomic E-state index is -1.19. The fourth-order valence-corrected chi connectivity index (χ4v) is 1.35. The minimum absolute atomic E-state index is 0.190. The molecule has 0 radical (unpaired) electrons. The summed E-state index contributed by atoms with van der Waals surface area (Å²) in [5.74, 6) is -4.21. The lowest BCUT2D eigenvalue weighted by Gasteiger charge is -2.17. The number of azo groups is 1. The molecule has 4 N–H and O–H groups in total. The lowest BCUT2D eigenvalue weighted by atomic mass is 10.3. The molecule has 0 rings (SSSR count). The van der Waals surface area contributed by atoms with Crippen molar-refractivity contribution in [3.05, 3.63) is 0 Å². The summed E-state index contributed by atoms with van der Waals surface area (Å²) < 4.78 is 0. The zero-order valence-corrected chi connectivity index (χ0v) is 13.2. The Balaban J connectivity index is 4.52. The van der Waals surface area contributed by atoms with Gasteiger partial charge in [0, 0.05) is 0 Å². The van der Waals surface area contributed by atoms with Crippen molar-refractivity contribution < 1.29 is 39.8 Å². The molecule has 0 bridgehead atoms. The van der Waals surface area contributed by atoms with Crippen molar-refractivity contribution in [3.8, 4) is 0 Å². The minimum Gasteiger partial charge on any atom is -0.481 e. The molecule has 0 spiro atoms. The Hall–Kier alpha value is -2.60. The second kappa shape index (κ2) is 10.2. The quantitative estimate of drug-likeness (QED) is 0.234. The molecule has 0 aromatic rings. The van der Waals surface area contributed by atoms with E-state index in [1.54, 1.807) is 0 Å². The molecule has 12 nitrogen and oxygen atoms in total. The number of hydroxylamine groups is 4. The van der Waals surface area contributed by atoms with Crippen LogP contribution in [0.15, 0.2) is 10.2 Å². The van der Waals surface area contributed by atoms with Crippen molar-refractivity contribution in [1.82, 2.24) is 10.1 Å². The van der Waals surface area contributed by atoms with E-state index in [1.165, 1.54) is 13.8 Å². The van der Waals surface area contributed by atoms with Gasteiger partial charge in [-0.25, -0.2) is 10.1 Å². The number of rotatable bonds is 10. The highest BCUT2D eigenvalue weighted by Crippen LogP contribution is 2.03. The van der Waals surface area contributed by atoms with Crippen LogP contribution in [0.4, 0.5) is 0 Å². The van der Waals surface area contributed by atoms with Crippen LogP contribution in [0, 0.1) is 0 Å². The van der Waals surface area contributed by atoms with Crippen LogP contribution in [-0.2, 0) is 19.2 Å². The first-order chi connectivity index (χ1) is 11.1. The lowest BCUT2D eigenvalue weighted by molar-refractivity contribution is -0.169. The van der Waals surface area contributed by atoms with E-state index < -0.39 is 61.8 Å². The molecule has 0 aliphatic rings. The Morgan fingerprint density at radius 1 is 0.792 bits per heavy atom. The van der Waals surface area contributed by atoms with Gasteiger partial charge < -0.3 is 10.2 Å². The maximum atomic E-state index is 11.7. The normalized spacial score (nSPS) is 13.3. The van der Waals surface area contributed by atoms with Gasteiger partial charge in [0.25, 0.3) is 11.8 Å². The summed E-state index contributed by atoms with van der Waals surface area (Å²) in [6, 6.07) is -2.35. The van der Waals surface area contributed by atoms with Crippen LogP contribution >= 0.6 is 0 Å². The standard InChI is InChI=1S/C12H20N4O8/c1-7(11(21)15(23)5-3-9(17)18)13-14-8(2)12(22)16(24)6-4-10(19)20/h7-8,23-24H,3-6H2,1-2H3,(H,17,18)(H,19,20). The van der Waals surface area contributed by atoms with Gasteiger partial charge in [-0.15, -0.1) is 0 Å². The molecule has 2 amide bonds. The maximum absolute atomic E-state index is 11.7. The summed E-state index contributed by atoms with van der Waals surface area (Å²) in [5, 5.41) is 43.1. The average Bonchev–Trinajstić information content (AvgIpc) is 2.53. The van der Waals surface area contributed by atoms with Crippen molar-refractivity contribution in [2.24, 2.45) is 10.2 Å². The molecule has 0 fully saturated rings. The first-order valence-electron chi connectivity index (χ1n) is 6.90. The monoisotopic (exact) mass is 348 g/mol. The summed E-state index contributed by atoms with van der Waals surface area (Å²) in [4.78, 5) is 44.0. The van der Waals surface area contributed by atoms with E-state index in [9.17, 15) is 29.6 Å². The molecule has 2 unspecified atom stereocenters. The van der Waals surface area contributed by atoms with E-state index >= 15 is 0 Å². The van der Waals surface area contributed by atoms with Crippen molar-refractivity contribution in [2.75, 3.05) is 13.1 Å². The number of carboxylic acids is 2. The van der Waals surface area contributed by atoms with E-state index in [4.69, 9.17) is 10.2 Å². The number of hydrogen-bond acceptors (Lipinski definition) is 8. The molecule has 0 saturated carbocycles. The highest BCUT2D eigenvalue weighted by Gasteiger charge is 2.22. The van der Waals surface area contributed by atoms with Gasteiger partial charge in [0.15, 0.2) is 0 Å². The molecule has 12 heteroatoms. The molecule has 0 aromatic carbocycles. The molecule has 0 heterocycles. The van der Waals surface area contributed by atoms with E-state index in [0.717, 1.165) is 0 Å². The van der Waals surface area contributed by atoms with Crippen LogP contribution in [0.1, 0.15) is 26.7 Å². The third-order valence-corrected chi connectivity index (χ3v) is 2.71. The van der Waals surface area contributed by atoms with E-state index in [0.29, 0.717) is 0 Å². The van der Waals surface area contributed by atoms with Crippen LogP contribution in [0.5, 0.6) is 0 Å². The number of carbonyl (C=O) groups excluding carboxylic acids is 2. The van der Waals surface area contributed by atoms with Crippen molar-refractivity contribution in [3.63, 3.8) is 0 Å². The first kappa shape index (κ1) is 21.4. The Kier molecular flexibility index (Phi) is 9.12. The topological polar surface area (TPSA) is 180 Å². The van der Waals surface area contributed by atoms with E-state index in [2.05, 4.69) is 10.2 Å². The van der Waals surface area contributed by atoms with E-state index in [1.807, 2.05) is 0 Å². The highest BCUT2D eigenvalue weighted by atomic mass is 16.5. The molecule has 0 saturated heterocycles. The summed E-state index contributed by atoms with van der Waals surface area (Å²) in [6.45, 7) is 1.69.